The maximum Gasteiger partial charge on any atom is 0.307 e. The van der Waals surface area contributed by atoms with Crippen molar-refractivity contribution < 1.29 is 17.1 Å². The average molecular weight is 290 g/mol. The van der Waals surface area contributed by atoms with E-state index in [2.05, 4.69) is 4.98 Å². The summed E-state index contributed by atoms with van der Waals surface area (Å²) < 4.78 is 34.5. The molecule has 3 rings (SSSR count). The van der Waals surface area contributed by atoms with Gasteiger partial charge in [-0.15, -0.1) is 15.2 Å². The van der Waals surface area contributed by atoms with Gasteiger partial charge in [-0.2, -0.15) is 8.42 Å². The van der Waals surface area contributed by atoms with Gasteiger partial charge in [-0.05, 0) is 12.8 Å². The molecular weight excluding hydrogens is 279 g/mol. The SMILES string of the molecule is O=C1CC(S(=O)(=O)F)CN1c1nc(C2CC2)cs1. The Morgan fingerprint density at radius 2 is 2.17 bits per heavy atom. The highest BCUT2D eigenvalue weighted by molar-refractivity contribution is 7.87. The first-order chi connectivity index (χ1) is 8.45. The molecule has 1 atom stereocenters. The molecule has 1 aliphatic carbocycles. The lowest BCUT2D eigenvalue weighted by atomic mass is 10.3. The number of aromatic nitrogens is 1. The second kappa shape index (κ2) is 3.99. The number of carbonyl (C=O) groups is 1. The van der Waals surface area contributed by atoms with Crippen LogP contribution in [0.1, 0.15) is 30.9 Å². The Balaban J connectivity index is 1.81. The zero-order chi connectivity index (χ0) is 12.9. The first-order valence-electron chi connectivity index (χ1n) is 5.64. The van der Waals surface area contributed by atoms with E-state index in [1.165, 1.54) is 16.2 Å². The normalized spacial score (nSPS) is 24.8. The van der Waals surface area contributed by atoms with Crippen molar-refractivity contribution in [3.63, 3.8) is 0 Å². The molecule has 0 radical (unpaired) electrons. The molecule has 2 heterocycles. The molecule has 8 heteroatoms. The predicted molar refractivity (Wildman–Crippen MR) is 64.9 cm³/mol. The summed E-state index contributed by atoms with van der Waals surface area (Å²) in [5.41, 5.74) is 0.953. The molecule has 2 fully saturated rings. The average Bonchev–Trinajstić information content (AvgIpc) is 2.86. The fourth-order valence-corrected chi connectivity index (χ4v) is 3.62. The van der Waals surface area contributed by atoms with Crippen molar-refractivity contribution in [1.82, 2.24) is 4.98 Å². The fourth-order valence-electron chi connectivity index (χ4n) is 2.02. The third-order valence-electron chi connectivity index (χ3n) is 3.22. The third-order valence-corrected chi connectivity index (χ3v) is 5.22. The topological polar surface area (TPSA) is 67.3 Å². The first kappa shape index (κ1) is 12.0. The molecule has 1 saturated carbocycles. The Hall–Kier alpha value is -1.02. The second-order valence-corrected chi connectivity index (χ2v) is 7.09. The summed E-state index contributed by atoms with van der Waals surface area (Å²) in [4.78, 5) is 17.3. The Labute approximate surface area is 108 Å². The van der Waals surface area contributed by atoms with Crippen LogP contribution in [0.25, 0.3) is 0 Å². The molecule has 1 aliphatic heterocycles. The minimum Gasteiger partial charge on any atom is -0.287 e. The summed E-state index contributed by atoms with van der Waals surface area (Å²) in [5, 5.41) is 1.11. The number of anilines is 1. The molecule has 0 aromatic carbocycles. The molecule has 98 valence electrons. The number of hydrogen-bond acceptors (Lipinski definition) is 5. The molecule has 1 aromatic heterocycles. The monoisotopic (exact) mass is 290 g/mol. The van der Waals surface area contributed by atoms with Gasteiger partial charge in [0.25, 0.3) is 0 Å². The van der Waals surface area contributed by atoms with Gasteiger partial charge >= 0.3 is 10.2 Å². The van der Waals surface area contributed by atoms with Gasteiger partial charge in [0.05, 0.1) is 5.69 Å². The smallest absolute Gasteiger partial charge is 0.287 e. The van der Waals surface area contributed by atoms with E-state index >= 15 is 0 Å². The van der Waals surface area contributed by atoms with E-state index in [1.54, 1.807) is 0 Å². The van der Waals surface area contributed by atoms with E-state index in [4.69, 9.17) is 0 Å². The van der Waals surface area contributed by atoms with Crippen LogP contribution in [0.4, 0.5) is 9.02 Å². The zero-order valence-corrected chi connectivity index (χ0v) is 11.0. The van der Waals surface area contributed by atoms with Crippen LogP contribution in [0.3, 0.4) is 0 Å². The molecule has 1 aromatic rings. The Kier molecular flexibility index (Phi) is 2.67. The van der Waals surface area contributed by atoms with Crippen LogP contribution in [0.5, 0.6) is 0 Å². The molecule has 1 unspecified atom stereocenters. The van der Waals surface area contributed by atoms with Gasteiger partial charge in [-0.1, -0.05) is 0 Å². The number of thiazole rings is 1. The third kappa shape index (κ3) is 2.14. The van der Waals surface area contributed by atoms with E-state index in [0.29, 0.717) is 11.0 Å². The van der Waals surface area contributed by atoms with Crippen molar-refractivity contribution in [3.8, 4) is 0 Å². The molecule has 18 heavy (non-hydrogen) atoms. The lowest BCUT2D eigenvalue weighted by Gasteiger charge is -2.11. The van der Waals surface area contributed by atoms with E-state index < -0.39 is 15.5 Å². The predicted octanol–water partition coefficient (Wildman–Crippen LogP) is 1.43. The van der Waals surface area contributed by atoms with Crippen molar-refractivity contribution >= 4 is 32.6 Å². The Morgan fingerprint density at radius 1 is 1.44 bits per heavy atom. The van der Waals surface area contributed by atoms with E-state index in [0.717, 1.165) is 18.5 Å². The van der Waals surface area contributed by atoms with Crippen LogP contribution in [-0.4, -0.2) is 31.1 Å². The fraction of sp³-hybridized carbons (Fsp3) is 0.600. The molecule has 1 amide bonds. The van der Waals surface area contributed by atoms with Gasteiger partial charge < -0.3 is 0 Å². The summed E-state index contributed by atoms with van der Waals surface area (Å²) in [6.45, 7) is -0.130. The number of nitrogens with zero attached hydrogens (tertiary/aromatic N) is 2. The minimum atomic E-state index is -4.66. The molecule has 2 aliphatic rings. The number of hydrogen-bond donors (Lipinski definition) is 0. The highest BCUT2D eigenvalue weighted by Gasteiger charge is 2.40. The van der Waals surface area contributed by atoms with Crippen molar-refractivity contribution in [1.29, 1.82) is 0 Å². The van der Waals surface area contributed by atoms with Crippen molar-refractivity contribution in [2.75, 3.05) is 11.4 Å². The lowest BCUT2D eigenvalue weighted by molar-refractivity contribution is -0.117. The van der Waals surface area contributed by atoms with Crippen LogP contribution in [0.15, 0.2) is 5.38 Å². The summed E-state index contributed by atoms with van der Waals surface area (Å²) in [7, 11) is -4.66. The molecule has 0 bridgehead atoms. The number of carbonyl (C=O) groups excluding carboxylic acids is 1. The molecular formula is C10H11FN2O3S2. The summed E-state index contributed by atoms with van der Waals surface area (Å²) >= 11 is 1.31. The van der Waals surface area contributed by atoms with Crippen molar-refractivity contribution in [2.24, 2.45) is 0 Å². The van der Waals surface area contributed by atoms with Crippen molar-refractivity contribution in [2.45, 2.75) is 30.4 Å². The van der Waals surface area contributed by atoms with Gasteiger partial charge in [0.1, 0.15) is 5.25 Å². The summed E-state index contributed by atoms with van der Waals surface area (Å²) in [6.07, 6.45) is 1.92. The van der Waals surface area contributed by atoms with Gasteiger partial charge in [0.2, 0.25) is 5.91 Å². The zero-order valence-electron chi connectivity index (χ0n) is 9.37. The first-order valence-corrected chi connectivity index (χ1v) is 7.97. The van der Waals surface area contributed by atoms with E-state index in [9.17, 15) is 17.1 Å². The van der Waals surface area contributed by atoms with E-state index in [1.807, 2.05) is 5.38 Å². The summed E-state index contributed by atoms with van der Waals surface area (Å²) in [6, 6.07) is 0. The number of rotatable bonds is 3. The van der Waals surface area contributed by atoms with Gasteiger partial charge in [-0.3, -0.25) is 9.69 Å². The minimum absolute atomic E-state index is 0.130. The largest absolute Gasteiger partial charge is 0.307 e. The second-order valence-electron chi connectivity index (χ2n) is 4.64. The highest BCUT2D eigenvalue weighted by atomic mass is 32.3. The van der Waals surface area contributed by atoms with Gasteiger partial charge in [0.15, 0.2) is 5.13 Å². The molecule has 0 spiro atoms. The highest BCUT2D eigenvalue weighted by Crippen LogP contribution is 2.42. The van der Waals surface area contributed by atoms with Crippen LogP contribution in [-0.2, 0) is 15.0 Å². The van der Waals surface area contributed by atoms with Crippen LogP contribution in [0.2, 0.25) is 0 Å². The molecule has 1 saturated heterocycles. The Bertz CT molecular complexity index is 594. The number of halogens is 1. The Morgan fingerprint density at radius 3 is 2.72 bits per heavy atom. The van der Waals surface area contributed by atoms with Crippen LogP contribution >= 0.6 is 11.3 Å². The van der Waals surface area contributed by atoms with Gasteiger partial charge in [0, 0.05) is 24.3 Å². The maximum atomic E-state index is 12.9. The lowest BCUT2D eigenvalue weighted by Crippen LogP contribution is -2.26. The molecule has 0 N–H and O–H groups in total. The van der Waals surface area contributed by atoms with Crippen molar-refractivity contribution in [3.05, 3.63) is 11.1 Å². The van der Waals surface area contributed by atoms with E-state index in [-0.39, 0.29) is 18.9 Å². The maximum absolute atomic E-state index is 12.9. The molecule has 5 nitrogen and oxygen atoms in total. The number of amides is 1. The van der Waals surface area contributed by atoms with Crippen LogP contribution in [0, 0.1) is 0 Å². The standard InChI is InChI=1S/C10H11FN2O3S2/c11-18(15,16)7-3-9(14)13(4-7)10-12-8(5-17-10)6-1-2-6/h5-7H,1-4H2. The van der Waals surface area contributed by atoms with Crippen LogP contribution < -0.4 is 4.90 Å². The van der Waals surface area contributed by atoms with Gasteiger partial charge in [-0.25, -0.2) is 4.98 Å². The summed E-state index contributed by atoms with van der Waals surface area (Å²) in [5.74, 6) is 0.103. The quantitative estimate of drug-likeness (QED) is 0.790.